The molecule has 5 aromatic rings. The van der Waals surface area contributed by atoms with Gasteiger partial charge in [0.25, 0.3) is 0 Å². The van der Waals surface area contributed by atoms with Crippen molar-refractivity contribution in [2.75, 3.05) is 13.2 Å². The molecule has 41 heavy (non-hydrogen) atoms. The molecule has 7 rings (SSSR count). The zero-order chi connectivity index (χ0) is 27.9. The molecule has 2 fully saturated rings. The van der Waals surface area contributed by atoms with Crippen molar-refractivity contribution >= 4 is 44.7 Å². The second-order valence-corrected chi connectivity index (χ2v) is 11.1. The lowest BCUT2D eigenvalue weighted by Crippen LogP contribution is -2.47. The average molecular weight is 551 g/mol. The molecule has 210 valence electrons. The molecule has 2 amide bonds. The van der Waals surface area contributed by atoms with Crippen molar-refractivity contribution in [2.24, 2.45) is 0 Å². The number of para-hydroxylation sites is 2. The minimum absolute atomic E-state index is 0.00319. The quantitative estimate of drug-likeness (QED) is 0.290. The van der Waals surface area contributed by atoms with Crippen LogP contribution in [0.15, 0.2) is 66.7 Å². The van der Waals surface area contributed by atoms with Gasteiger partial charge in [-0.05, 0) is 68.5 Å². The number of rotatable bonds is 9. The molecule has 0 radical (unpaired) electrons. The molecule has 1 saturated carbocycles. The van der Waals surface area contributed by atoms with Gasteiger partial charge in [0.05, 0.1) is 11.6 Å². The van der Waals surface area contributed by atoms with Gasteiger partial charge in [-0.25, -0.2) is 4.68 Å². The summed E-state index contributed by atoms with van der Waals surface area (Å²) in [4.78, 5) is 29.9. The fourth-order valence-corrected chi connectivity index (χ4v) is 6.29. The minimum Gasteiger partial charge on any atom is -0.376 e. The molecule has 0 bridgehead atoms. The fourth-order valence-electron chi connectivity index (χ4n) is 6.29. The molecule has 0 spiro atoms. The van der Waals surface area contributed by atoms with E-state index in [4.69, 9.17) is 4.74 Å². The molecule has 2 aliphatic rings. The number of nitrogens with one attached hydrogen (secondary N) is 1. The monoisotopic (exact) mass is 550 g/mol. The standard InChI is InChI=1S/C32H34N6O3/c1-2-36-27-11-5-3-9-24(27)25-18-21(13-16-28(25)36)31(32(40)33-19-23-8-7-17-41-23)38(22-14-15-22)30(39)20-37-29-12-6-4-10-26(29)34-35-37/h3-6,9-13,16,18,22-23,31H,2,7-8,14-15,17,19-20H2,1H3,(H,33,40)/t23-,31-/m1/s1. The van der Waals surface area contributed by atoms with Crippen molar-refractivity contribution in [3.63, 3.8) is 0 Å². The zero-order valence-corrected chi connectivity index (χ0v) is 23.2. The van der Waals surface area contributed by atoms with Gasteiger partial charge in [0, 0.05) is 47.5 Å². The number of hydrogen-bond acceptors (Lipinski definition) is 5. The Hall–Kier alpha value is -4.24. The number of carbonyl (C=O) groups is 2. The molecule has 1 N–H and O–H groups in total. The van der Waals surface area contributed by atoms with Gasteiger partial charge in [-0.3, -0.25) is 9.59 Å². The van der Waals surface area contributed by atoms with E-state index in [1.165, 1.54) is 0 Å². The number of fused-ring (bicyclic) bond motifs is 4. The minimum atomic E-state index is -0.765. The summed E-state index contributed by atoms with van der Waals surface area (Å²) in [5.74, 6) is -0.320. The van der Waals surface area contributed by atoms with Gasteiger partial charge in [0.1, 0.15) is 18.1 Å². The Labute approximate surface area is 238 Å². The van der Waals surface area contributed by atoms with Crippen LogP contribution in [-0.2, 0) is 27.4 Å². The van der Waals surface area contributed by atoms with Crippen LogP contribution in [0.2, 0.25) is 0 Å². The average Bonchev–Trinajstić information content (AvgIpc) is 3.40. The van der Waals surface area contributed by atoms with E-state index in [0.29, 0.717) is 6.54 Å². The lowest BCUT2D eigenvalue weighted by Gasteiger charge is -2.32. The van der Waals surface area contributed by atoms with Crippen molar-refractivity contribution in [1.29, 1.82) is 0 Å². The molecule has 1 aliphatic carbocycles. The highest BCUT2D eigenvalue weighted by Gasteiger charge is 2.42. The van der Waals surface area contributed by atoms with Crippen molar-refractivity contribution in [1.82, 2.24) is 29.8 Å². The predicted molar refractivity (Wildman–Crippen MR) is 157 cm³/mol. The largest absolute Gasteiger partial charge is 0.376 e. The SMILES string of the molecule is CCn1c2ccccc2c2cc([C@H](C(=O)NC[C@H]3CCCO3)N(C(=O)Cn3nnc4ccccc43)C3CC3)ccc21. The summed E-state index contributed by atoms with van der Waals surface area (Å²) in [6.07, 6.45) is 3.68. The topological polar surface area (TPSA) is 94.3 Å². The van der Waals surface area contributed by atoms with Gasteiger partial charge in [-0.15, -0.1) is 5.10 Å². The first kappa shape index (κ1) is 25.7. The summed E-state index contributed by atoms with van der Waals surface area (Å²) < 4.78 is 9.70. The summed E-state index contributed by atoms with van der Waals surface area (Å²) in [6, 6.07) is 21.4. The van der Waals surface area contributed by atoms with E-state index in [-0.39, 0.29) is 30.5 Å². The third kappa shape index (κ3) is 4.74. The molecular weight excluding hydrogens is 516 g/mol. The summed E-state index contributed by atoms with van der Waals surface area (Å²) in [5.41, 5.74) is 4.63. The van der Waals surface area contributed by atoms with Gasteiger partial charge in [0.2, 0.25) is 11.8 Å². The molecule has 1 aliphatic heterocycles. The fraction of sp³-hybridized carbons (Fsp3) is 0.375. The molecular formula is C32H34N6O3. The van der Waals surface area contributed by atoms with E-state index in [9.17, 15) is 9.59 Å². The third-order valence-electron chi connectivity index (χ3n) is 8.42. The van der Waals surface area contributed by atoms with E-state index in [2.05, 4.69) is 57.5 Å². The highest BCUT2D eigenvalue weighted by molar-refractivity contribution is 6.08. The number of hydrogen-bond donors (Lipinski definition) is 1. The summed E-state index contributed by atoms with van der Waals surface area (Å²) in [7, 11) is 0. The van der Waals surface area contributed by atoms with Crippen LogP contribution in [0.1, 0.15) is 44.2 Å². The maximum absolute atomic E-state index is 14.1. The van der Waals surface area contributed by atoms with E-state index in [1.807, 2.05) is 36.4 Å². The number of benzene rings is 3. The van der Waals surface area contributed by atoms with Crippen molar-refractivity contribution in [2.45, 2.75) is 63.9 Å². The lowest BCUT2D eigenvalue weighted by atomic mass is 10.0. The van der Waals surface area contributed by atoms with Crippen LogP contribution in [0.4, 0.5) is 0 Å². The summed E-state index contributed by atoms with van der Waals surface area (Å²) in [6.45, 7) is 4.16. The lowest BCUT2D eigenvalue weighted by molar-refractivity contribution is -0.142. The Balaban J connectivity index is 1.28. The van der Waals surface area contributed by atoms with Crippen LogP contribution in [-0.4, -0.2) is 61.6 Å². The number of aromatic nitrogens is 4. The Morgan fingerprint density at radius 3 is 2.56 bits per heavy atom. The van der Waals surface area contributed by atoms with Gasteiger partial charge < -0.3 is 19.5 Å². The van der Waals surface area contributed by atoms with Crippen LogP contribution in [0, 0.1) is 0 Å². The maximum Gasteiger partial charge on any atom is 0.247 e. The molecule has 3 heterocycles. The molecule has 1 saturated heterocycles. The van der Waals surface area contributed by atoms with E-state index < -0.39 is 6.04 Å². The van der Waals surface area contributed by atoms with Crippen molar-refractivity contribution in [3.8, 4) is 0 Å². The van der Waals surface area contributed by atoms with Gasteiger partial charge in [0.15, 0.2) is 0 Å². The molecule has 2 atom stereocenters. The van der Waals surface area contributed by atoms with Crippen LogP contribution < -0.4 is 5.32 Å². The summed E-state index contributed by atoms with van der Waals surface area (Å²) >= 11 is 0. The Bertz CT molecular complexity index is 1750. The van der Waals surface area contributed by atoms with Crippen molar-refractivity contribution in [3.05, 3.63) is 72.3 Å². The third-order valence-corrected chi connectivity index (χ3v) is 8.42. The number of amides is 2. The van der Waals surface area contributed by atoms with Crippen LogP contribution in [0.3, 0.4) is 0 Å². The van der Waals surface area contributed by atoms with Gasteiger partial charge >= 0.3 is 0 Å². The number of nitrogens with zero attached hydrogens (tertiary/aromatic N) is 5. The van der Waals surface area contributed by atoms with E-state index >= 15 is 0 Å². The highest BCUT2D eigenvalue weighted by Crippen LogP contribution is 2.38. The second kappa shape index (κ2) is 10.6. The number of carbonyl (C=O) groups excluding carboxylic acids is 2. The van der Waals surface area contributed by atoms with E-state index in [0.717, 1.165) is 77.2 Å². The van der Waals surface area contributed by atoms with Crippen molar-refractivity contribution < 1.29 is 14.3 Å². The molecule has 9 nitrogen and oxygen atoms in total. The number of aryl methyl sites for hydroxylation is 1. The van der Waals surface area contributed by atoms with Gasteiger partial charge in [-0.1, -0.05) is 41.6 Å². The molecule has 0 unspecified atom stereocenters. The Kier molecular flexibility index (Phi) is 6.66. The molecule has 3 aromatic carbocycles. The second-order valence-electron chi connectivity index (χ2n) is 11.1. The Morgan fingerprint density at radius 2 is 1.78 bits per heavy atom. The van der Waals surface area contributed by atoms with Crippen LogP contribution in [0.25, 0.3) is 32.8 Å². The van der Waals surface area contributed by atoms with Crippen LogP contribution in [0.5, 0.6) is 0 Å². The smallest absolute Gasteiger partial charge is 0.247 e. The Morgan fingerprint density at radius 1 is 1.00 bits per heavy atom. The van der Waals surface area contributed by atoms with E-state index in [1.54, 1.807) is 9.58 Å². The maximum atomic E-state index is 14.1. The molecule has 2 aromatic heterocycles. The zero-order valence-electron chi connectivity index (χ0n) is 23.2. The van der Waals surface area contributed by atoms with Gasteiger partial charge in [-0.2, -0.15) is 0 Å². The first-order valence-electron chi connectivity index (χ1n) is 14.6. The number of ether oxygens (including phenoxy) is 1. The normalized spacial score (nSPS) is 17.8. The highest BCUT2D eigenvalue weighted by atomic mass is 16.5. The first-order valence-corrected chi connectivity index (χ1v) is 14.6. The van der Waals surface area contributed by atoms with Crippen LogP contribution >= 0.6 is 0 Å². The molecule has 9 heteroatoms. The summed E-state index contributed by atoms with van der Waals surface area (Å²) in [5, 5.41) is 13.8. The predicted octanol–water partition coefficient (Wildman–Crippen LogP) is 4.59. The first-order chi connectivity index (χ1) is 20.1.